The average molecular weight is 574 g/mol. The quantitative estimate of drug-likeness (QED) is 0.271. The number of fused-ring (bicyclic) bond motifs is 1. The molecule has 0 aliphatic carbocycles. The second-order valence-electron chi connectivity index (χ2n) is 8.65. The third-order valence-electron chi connectivity index (χ3n) is 5.74. The first-order chi connectivity index (χ1) is 18.0. The molecule has 1 unspecified atom stereocenters. The third-order valence-corrected chi connectivity index (χ3v) is 8.19. The zero-order chi connectivity index (χ0) is 27.2. The summed E-state index contributed by atoms with van der Waals surface area (Å²) in [5.41, 5.74) is 5.25. The summed E-state index contributed by atoms with van der Waals surface area (Å²) in [6.07, 6.45) is 1.000. The number of carbonyl (C=O) groups excluding carboxylic acids is 1. The standard InChI is InChI=1S/C24H21FN5O5PS2/c1-13-9-14(3-5-17(13)25)11-30-24(32)20(22(31)21(27-30)15-7-8-37-12-15)23-26-18-6-4-16(29-38(2,34)35)10-19(18)36(33)28-23/h3-10,12,26-27,29,31H,11H2,1-2H3. The fourth-order valence-corrected chi connectivity index (χ4v) is 6.23. The Morgan fingerprint density at radius 2 is 2.03 bits per heavy atom. The van der Waals surface area contributed by atoms with E-state index in [1.165, 1.54) is 40.6 Å². The highest BCUT2D eigenvalue weighted by Gasteiger charge is 2.36. The van der Waals surface area contributed by atoms with Gasteiger partial charge in [-0.15, -0.1) is 0 Å². The first-order valence-corrected chi connectivity index (χ1v) is 15.2. The van der Waals surface area contributed by atoms with Gasteiger partial charge in [0.2, 0.25) is 18.0 Å². The van der Waals surface area contributed by atoms with Crippen LogP contribution in [-0.4, -0.2) is 30.7 Å². The molecule has 196 valence electrons. The minimum atomic E-state index is -3.55. The van der Waals surface area contributed by atoms with Crippen LogP contribution in [0.1, 0.15) is 16.7 Å². The van der Waals surface area contributed by atoms with Gasteiger partial charge in [-0.3, -0.25) is 14.9 Å². The molecular formula is C24H21FN5O5PS2. The van der Waals surface area contributed by atoms with Crippen LogP contribution in [0.25, 0.3) is 5.70 Å². The zero-order valence-corrected chi connectivity index (χ0v) is 22.5. The summed E-state index contributed by atoms with van der Waals surface area (Å²) in [5, 5.41) is 19.2. The van der Waals surface area contributed by atoms with Gasteiger partial charge in [0.1, 0.15) is 17.1 Å². The van der Waals surface area contributed by atoms with Gasteiger partial charge >= 0.3 is 0 Å². The summed E-state index contributed by atoms with van der Waals surface area (Å²) in [7, 11) is -5.99. The largest absolute Gasteiger partial charge is 0.607 e. The molecule has 0 saturated heterocycles. The maximum atomic E-state index is 13.8. The number of hydrogen-bond donors (Lipinski definition) is 4. The molecule has 2 aromatic carbocycles. The number of thiophene rings is 1. The zero-order valence-electron chi connectivity index (χ0n) is 20.0. The van der Waals surface area contributed by atoms with E-state index in [0.29, 0.717) is 22.4 Å². The number of halogens is 1. The van der Waals surface area contributed by atoms with Crippen LogP contribution in [0.3, 0.4) is 0 Å². The first-order valence-electron chi connectivity index (χ1n) is 11.1. The molecule has 10 nitrogen and oxygen atoms in total. The van der Waals surface area contributed by atoms with Gasteiger partial charge in [-0.1, -0.05) is 16.9 Å². The number of nitrogens with one attached hydrogen (secondary N) is 3. The number of amides is 1. The molecule has 14 heteroatoms. The number of benzene rings is 2. The van der Waals surface area contributed by atoms with Crippen LogP contribution in [0.15, 0.2) is 75.1 Å². The van der Waals surface area contributed by atoms with Gasteiger partial charge in [-0.05, 0) is 47.7 Å². The summed E-state index contributed by atoms with van der Waals surface area (Å²) >= 11 is 1.40. The SMILES string of the molecule is Cc1cc(CN2NC(c3ccsc3)=C(O)C(=C3N=[P+]([O-])c4cc(NS(C)(=O)=O)ccc4N3)C2=O)ccc1F. The van der Waals surface area contributed by atoms with Gasteiger partial charge in [0.25, 0.3) is 5.91 Å². The fourth-order valence-electron chi connectivity index (χ4n) is 4.00. The maximum absolute atomic E-state index is 13.8. The monoisotopic (exact) mass is 573 g/mol. The molecule has 2 aliphatic rings. The van der Waals surface area contributed by atoms with Crippen molar-refractivity contribution in [2.45, 2.75) is 13.5 Å². The van der Waals surface area contributed by atoms with E-state index in [-0.39, 0.29) is 46.2 Å². The highest BCUT2D eigenvalue weighted by Crippen LogP contribution is 2.36. The van der Waals surface area contributed by atoms with Crippen molar-refractivity contribution in [1.82, 2.24) is 10.4 Å². The Hall–Kier alpha value is -3.77. The van der Waals surface area contributed by atoms with Crippen molar-refractivity contribution in [3.63, 3.8) is 0 Å². The second-order valence-corrected chi connectivity index (χ2v) is 12.4. The van der Waals surface area contributed by atoms with E-state index in [1.807, 2.05) is 5.38 Å². The van der Waals surface area contributed by atoms with E-state index in [1.54, 1.807) is 30.5 Å². The number of aliphatic hydroxyl groups is 1. The summed E-state index contributed by atoms with van der Waals surface area (Å²) in [5.74, 6) is -1.49. The highest BCUT2D eigenvalue weighted by atomic mass is 32.2. The summed E-state index contributed by atoms with van der Waals surface area (Å²) in [4.78, 5) is 26.7. The molecule has 4 N–H and O–H groups in total. The van der Waals surface area contributed by atoms with Gasteiger partial charge < -0.3 is 15.3 Å². The highest BCUT2D eigenvalue weighted by molar-refractivity contribution is 7.92. The Morgan fingerprint density at radius 1 is 1.24 bits per heavy atom. The lowest BCUT2D eigenvalue weighted by Crippen LogP contribution is -2.47. The van der Waals surface area contributed by atoms with Crippen molar-refractivity contribution >= 4 is 57.6 Å². The van der Waals surface area contributed by atoms with E-state index in [0.717, 1.165) is 6.26 Å². The molecule has 0 fully saturated rings. The Balaban J connectivity index is 1.58. The fraction of sp³-hybridized carbons (Fsp3) is 0.125. The Kier molecular flexibility index (Phi) is 6.70. The number of hydrogen-bond acceptors (Lipinski definition) is 9. The predicted molar refractivity (Wildman–Crippen MR) is 143 cm³/mol. The predicted octanol–water partition coefficient (Wildman–Crippen LogP) is 3.24. The lowest BCUT2D eigenvalue weighted by Gasteiger charge is -2.32. The van der Waals surface area contributed by atoms with Crippen molar-refractivity contribution in [2.24, 2.45) is 4.74 Å². The van der Waals surface area contributed by atoms with Crippen molar-refractivity contribution in [3.05, 3.63) is 92.9 Å². The van der Waals surface area contributed by atoms with E-state index < -0.39 is 23.9 Å². The molecule has 0 bridgehead atoms. The maximum Gasteiger partial charge on any atom is 0.280 e. The number of carbonyl (C=O) groups is 1. The van der Waals surface area contributed by atoms with E-state index >= 15 is 0 Å². The number of aryl methyl sites for hydroxylation is 1. The van der Waals surface area contributed by atoms with Gasteiger partial charge in [0, 0.05) is 17.0 Å². The van der Waals surface area contributed by atoms with Crippen LogP contribution in [0, 0.1) is 12.7 Å². The summed E-state index contributed by atoms with van der Waals surface area (Å²) < 4.78 is 43.4. The number of nitrogens with zero attached hydrogens (tertiary/aromatic N) is 2. The van der Waals surface area contributed by atoms with Crippen LogP contribution in [-0.2, 0) is 21.4 Å². The van der Waals surface area contributed by atoms with Crippen LogP contribution in [0.5, 0.6) is 0 Å². The number of hydrazine groups is 1. The summed E-state index contributed by atoms with van der Waals surface area (Å²) in [6.45, 7) is 1.66. The normalized spacial score (nSPS) is 18.5. The van der Waals surface area contributed by atoms with Gasteiger partial charge in [-0.2, -0.15) is 11.3 Å². The van der Waals surface area contributed by atoms with E-state index in [9.17, 15) is 27.6 Å². The first kappa shape index (κ1) is 25.9. The minimum absolute atomic E-state index is 0.0426. The molecule has 0 saturated carbocycles. The molecule has 1 amide bonds. The van der Waals surface area contributed by atoms with E-state index in [2.05, 4.69) is 20.2 Å². The van der Waals surface area contributed by atoms with Crippen LogP contribution < -0.4 is 25.7 Å². The molecule has 0 spiro atoms. The smallest absolute Gasteiger partial charge is 0.280 e. The molecule has 3 heterocycles. The molecule has 1 aromatic heterocycles. The molecule has 38 heavy (non-hydrogen) atoms. The lowest BCUT2D eigenvalue weighted by molar-refractivity contribution is -0.152. The molecule has 5 rings (SSSR count). The van der Waals surface area contributed by atoms with Gasteiger partial charge in [-0.25, -0.2) is 17.8 Å². The third kappa shape index (κ3) is 5.14. The second kappa shape index (κ2) is 9.84. The van der Waals surface area contributed by atoms with Crippen molar-refractivity contribution in [1.29, 1.82) is 0 Å². The lowest BCUT2D eigenvalue weighted by atomic mass is 10.0. The van der Waals surface area contributed by atoms with Crippen molar-refractivity contribution in [2.75, 3.05) is 16.3 Å². The molecular weight excluding hydrogens is 552 g/mol. The average Bonchev–Trinajstić information content (AvgIpc) is 3.37. The topological polar surface area (TPSA) is 146 Å². The number of aliphatic hydroxyl groups excluding tert-OH is 1. The number of anilines is 2. The Morgan fingerprint density at radius 3 is 2.71 bits per heavy atom. The van der Waals surface area contributed by atoms with Gasteiger partial charge in [0.05, 0.1) is 24.2 Å². The van der Waals surface area contributed by atoms with Crippen LogP contribution in [0.4, 0.5) is 15.8 Å². The number of sulfonamides is 1. The van der Waals surface area contributed by atoms with Crippen LogP contribution in [0.2, 0.25) is 0 Å². The Bertz CT molecular complexity index is 1670. The van der Waals surface area contributed by atoms with Gasteiger partial charge in [0.15, 0.2) is 16.9 Å². The number of rotatable bonds is 5. The summed E-state index contributed by atoms with van der Waals surface area (Å²) in [6, 6.07) is 10.6. The minimum Gasteiger partial charge on any atom is -0.607 e. The molecule has 3 aromatic rings. The molecule has 1 atom stereocenters. The van der Waals surface area contributed by atoms with Crippen LogP contribution >= 0.6 is 19.3 Å². The molecule has 0 radical (unpaired) electrons. The Labute approximate surface area is 222 Å². The van der Waals surface area contributed by atoms with E-state index in [4.69, 9.17) is 0 Å². The molecule has 2 aliphatic heterocycles. The van der Waals surface area contributed by atoms with Crippen molar-refractivity contribution in [3.8, 4) is 0 Å². The van der Waals surface area contributed by atoms with Crippen molar-refractivity contribution < 1.29 is 27.6 Å².